The fourth-order valence-corrected chi connectivity index (χ4v) is 3.29. The number of aliphatic hydroxyl groups excluding tert-OH is 1. The molecule has 1 aromatic carbocycles. The van der Waals surface area contributed by atoms with Gasteiger partial charge >= 0.3 is 0 Å². The van der Waals surface area contributed by atoms with Crippen molar-refractivity contribution in [3.63, 3.8) is 0 Å². The number of rotatable bonds is 6. The molecule has 0 amide bonds. The number of anilines is 1. The largest absolute Gasteiger partial charge is 0.437 e. The fourth-order valence-electron chi connectivity index (χ4n) is 3.29. The van der Waals surface area contributed by atoms with Gasteiger partial charge in [0.1, 0.15) is 17.7 Å². The highest BCUT2D eigenvalue weighted by Crippen LogP contribution is 2.30. The van der Waals surface area contributed by atoms with Gasteiger partial charge in [-0.05, 0) is 19.1 Å². The van der Waals surface area contributed by atoms with Gasteiger partial charge in [-0.2, -0.15) is 10.2 Å². The highest BCUT2D eigenvalue weighted by atomic mass is 16.5. The Hall–Kier alpha value is -3.52. The lowest BCUT2D eigenvalue weighted by molar-refractivity contribution is 0.122. The van der Waals surface area contributed by atoms with Crippen molar-refractivity contribution in [1.29, 1.82) is 5.26 Å². The van der Waals surface area contributed by atoms with Crippen LogP contribution in [0.3, 0.4) is 0 Å². The Morgan fingerprint density at radius 3 is 2.84 bits per heavy atom. The van der Waals surface area contributed by atoms with Crippen molar-refractivity contribution in [2.45, 2.75) is 13.0 Å². The van der Waals surface area contributed by atoms with Crippen molar-refractivity contribution >= 4 is 5.82 Å². The molecule has 0 saturated carbocycles. The smallest absolute Gasteiger partial charge is 0.224 e. The van der Waals surface area contributed by atoms with E-state index < -0.39 is 6.10 Å². The number of morpholine rings is 1. The van der Waals surface area contributed by atoms with Crippen molar-refractivity contribution in [1.82, 2.24) is 19.5 Å². The van der Waals surface area contributed by atoms with Crippen LogP contribution in [-0.4, -0.2) is 57.5 Å². The molecular weight excluding hydrogens is 398 g/mol. The molecule has 4 rings (SSSR count). The predicted molar refractivity (Wildman–Crippen MR) is 112 cm³/mol. The molecule has 0 spiro atoms. The molecule has 10 heteroatoms. The van der Waals surface area contributed by atoms with Crippen molar-refractivity contribution in [2.75, 3.05) is 37.7 Å². The zero-order chi connectivity index (χ0) is 21.8. The summed E-state index contributed by atoms with van der Waals surface area (Å²) in [5.74, 6) is 2.14. The average molecular weight is 421 g/mol. The van der Waals surface area contributed by atoms with Crippen LogP contribution < -0.4 is 15.4 Å². The summed E-state index contributed by atoms with van der Waals surface area (Å²) >= 11 is 0. The summed E-state index contributed by atoms with van der Waals surface area (Å²) in [4.78, 5) is 15.3. The van der Waals surface area contributed by atoms with E-state index in [4.69, 9.17) is 15.2 Å². The molecule has 3 heterocycles. The maximum atomic E-state index is 9.96. The first-order valence-corrected chi connectivity index (χ1v) is 9.90. The number of nitriles is 1. The maximum Gasteiger partial charge on any atom is 0.224 e. The highest BCUT2D eigenvalue weighted by molar-refractivity contribution is 5.54. The lowest BCUT2D eigenvalue weighted by atomic mass is 10.2. The Morgan fingerprint density at radius 2 is 2.10 bits per heavy atom. The molecule has 31 heavy (non-hydrogen) atoms. The number of imidazole rings is 1. The molecule has 2 aromatic heterocycles. The van der Waals surface area contributed by atoms with Crippen LogP contribution in [0.1, 0.15) is 23.2 Å². The van der Waals surface area contributed by atoms with Crippen LogP contribution in [0.4, 0.5) is 5.82 Å². The molecule has 1 aliphatic rings. The summed E-state index contributed by atoms with van der Waals surface area (Å²) in [5.41, 5.74) is 7.06. The lowest BCUT2D eigenvalue weighted by Crippen LogP contribution is -2.36. The minimum absolute atomic E-state index is 0.0677. The molecule has 1 saturated heterocycles. The van der Waals surface area contributed by atoms with Crippen LogP contribution in [0.15, 0.2) is 36.8 Å². The Kier molecular flexibility index (Phi) is 6.08. The molecule has 0 bridgehead atoms. The quantitative estimate of drug-likeness (QED) is 0.606. The second-order valence-corrected chi connectivity index (χ2v) is 7.06. The van der Waals surface area contributed by atoms with Crippen LogP contribution in [0.2, 0.25) is 0 Å². The normalized spacial score (nSPS) is 14.8. The lowest BCUT2D eigenvalue weighted by Gasteiger charge is -2.28. The molecule has 1 aliphatic heterocycles. The molecule has 0 aliphatic carbocycles. The van der Waals surface area contributed by atoms with E-state index in [9.17, 15) is 10.4 Å². The second kappa shape index (κ2) is 9.09. The van der Waals surface area contributed by atoms with E-state index >= 15 is 0 Å². The summed E-state index contributed by atoms with van der Waals surface area (Å²) < 4.78 is 13.2. The number of benzene rings is 1. The number of aliphatic hydroxyl groups is 1. The molecule has 1 unspecified atom stereocenters. The Balaban J connectivity index is 1.69. The van der Waals surface area contributed by atoms with Gasteiger partial charge in [-0.3, -0.25) is 0 Å². The number of nitrogens with zero attached hydrogens (tertiary/aromatic N) is 6. The zero-order valence-electron chi connectivity index (χ0n) is 17.1. The van der Waals surface area contributed by atoms with Crippen LogP contribution in [0.25, 0.3) is 5.69 Å². The van der Waals surface area contributed by atoms with E-state index in [1.54, 1.807) is 48.3 Å². The Bertz CT molecular complexity index is 1100. The van der Waals surface area contributed by atoms with Gasteiger partial charge in [0, 0.05) is 38.0 Å². The van der Waals surface area contributed by atoms with Gasteiger partial charge in [0.25, 0.3) is 0 Å². The number of ether oxygens (including phenoxy) is 2. The third-order valence-electron chi connectivity index (χ3n) is 4.88. The monoisotopic (exact) mass is 421 g/mol. The van der Waals surface area contributed by atoms with E-state index in [-0.39, 0.29) is 6.54 Å². The summed E-state index contributed by atoms with van der Waals surface area (Å²) in [6, 6.07) is 8.98. The minimum Gasteiger partial charge on any atom is -0.437 e. The minimum atomic E-state index is -0.857. The van der Waals surface area contributed by atoms with Crippen LogP contribution >= 0.6 is 0 Å². The topological polar surface area (TPSA) is 135 Å². The van der Waals surface area contributed by atoms with E-state index in [1.807, 2.05) is 0 Å². The molecular formula is C21H23N7O3. The summed E-state index contributed by atoms with van der Waals surface area (Å²) in [7, 11) is 0. The predicted octanol–water partition coefficient (Wildman–Crippen LogP) is 1.46. The number of aromatic nitrogens is 4. The summed E-state index contributed by atoms with van der Waals surface area (Å²) in [5, 5.41) is 19.3. The zero-order valence-corrected chi connectivity index (χ0v) is 17.1. The Labute approximate surface area is 179 Å². The van der Waals surface area contributed by atoms with E-state index in [1.165, 1.54) is 0 Å². The van der Waals surface area contributed by atoms with Gasteiger partial charge in [0.15, 0.2) is 5.75 Å². The standard InChI is InChI=1S/C21H23N7O3/c1-14-25-20(27-4-6-30-7-5-27)9-21(26-14)31-19-8-15(10-22)2-3-17(19)28-12-16(24-13-28)18(29)11-23/h2-3,8-9,12-13,18,29H,4-7,11,23H2,1H3. The highest BCUT2D eigenvalue weighted by Gasteiger charge is 2.17. The summed E-state index contributed by atoms with van der Waals surface area (Å²) in [6.07, 6.45) is 2.38. The van der Waals surface area contributed by atoms with Gasteiger partial charge in [-0.15, -0.1) is 0 Å². The molecule has 3 aromatic rings. The number of nitrogens with two attached hydrogens (primary N) is 1. The first-order chi connectivity index (χ1) is 15.1. The molecule has 1 fully saturated rings. The molecule has 3 N–H and O–H groups in total. The van der Waals surface area contributed by atoms with Crippen LogP contribution in [0, 0.1) is 18.3 Å². The van der Waals surface area contributed by atoms with Gasteiger partial charge in [0.2, 0.25) is 5.88 Å². The first kappa shape index (κ1) is 20.7. The third-order valence-corrected chi connectivity index (χ3v) is 4.88. The number of hydrogen-bond acceptors (Lipinski definition) is 9. The van der Waals surface area contributed by atoms with Gasteiger partial charge in [-0.1, -0.05) is 0 Å². The van der Waals surface area contributed by atoms with Crippen molar-refractivity contribution in [3.05, 3.63) is 53.9 Å². The van der Waals surface area contributed by atoms with E-state index in [2.05, 4.69) is 25.9 Å². The molecule has 1 atom stereocenters. The van der Waals surface area contributed by atoms with E-state index in [0.29, 0.717) is 47.6 Å². The molecule has 10 nitrogen and oxygen atoms in total. The number of aryl methyl sites for hydroxylation is 1. The van der Waals surface area contributed by atoms with Gasteiger partial charge in [0.05, 0.1) is 42.6 Å². The SMILES string of the molecule is Cc1nc(Oc2cc(C#N)ccc2-n2cnc(C(O)CN)c2)cc(N2CCOCC2)n1. The van der Waals surface area contributed by atoms with Crippen molar-refractivity contribution < 1.29 is 14.6 Å². The first-order valence-electron chi connectivity index (χ1n) is 9.90. The summed E-state index contributed by atoms with van der Waals surface area (Å²) in [6.45, 7) is 4.65. The van der Waals surface area contributed by atoms with E-state index in [0.717, 1.165) is 18.9 Å². The number of hydrogen-bond donors (Lipinski definition) is 2. The molecule has 160 valence electrons. The van der Waals surface area contributed by atoms with Gasteiger partial charge < -0.3 is 29.8 Å². The average Bonchev–Trinajstić information content (AvgIpc) is 3.28. The fraction of sp³-hybridized carbons (Fsp3) is 0.333. The molecule has 0 radical (unpaired) electrons. The Morgan fingerprint density at radius 1 is 1.29 bits per heavy atom. The van der Waals surface area contributed by atoms with Crippen LogP contribution in [-0.2, 0) is 4.74 Å². The second-order valence-electron chi connectivity index (χ2n) is 7.06. The van der Waals surface area contributed by atoms with Crippen LogP contribution in [0.5, 0.6) is 11.6 Å². The van der Waals surface area contributed by atoms with Crippen molar-refractivity contribution in [3.8, 4) is 23.4 Å². The maximum absolute atomic E-state index is 9.96. The van der Waals surface area contributed by atoms with Crippen molar-refractivity contribution in [2.24, 2.45) is 5.73 Å². The van der Waals surface area contributed by atoms with Gasteiger partial charge in [-0.25, -0.2) is 9.97 Å². The third kappa shape index (κ3) is 4.64.